The van der Waals surface area contributed by atoms with Crippen LogP contribution in [0.5, 0.6) is 5.75 Å². The largest absolute Gasteiger partial charge is 2.00 e. The summed E-state index contributed by atoms with van der Waals surface area (Å²) in [5.41, 5.74) is 8.56. The van der Waals surface area contributed by atoms with Crippen molar-refractivity contribution in [2.24, 2.45) is 21.3 Å². The number of aliphatic carboxylic acids is 2. The van der Waals surface area contributed by atoms with Crippen molar-refractivity contribution in [3.05, 3.63) is 162 Å². The first-order chi connectivity index (χ1) is 33.6. The molecular weight excluding hydrogens is 1020 g/mol. The van der Waals surface area contributed by atoms with Crippen LogP contribution in [-0.2, 0) is 29.1 Å². The molecule has 71 heavy (non-hydrogen) atoms. The van der Waals surface area contributed by atoms with Gasteiger partial charge in [-0.05, 0) is 86.5 Å². The molecule has 3 aromatic heterocycles. The van der Waals surface area contributed by atoms with E-state index >= 15 is 0 Å². The summed E-state index contributed by atoms with van der Waals surface area (Å²) in [6, 6.07) is 30.3. The van der Waals surface area contributed by atoms with Crippen molar-refractivity contribution in [1.82, 2.24) is 9.97 Å². The number of anilines is 3. The van der Waals surface area contributed by atoms with Gasteiger partial charge in [0.1, 0.15) is 17.2 Å². The summed E-state index contributed by atoms with van der Waals surface area (Å²) in [5.74, 6) is -1.07. The van der Waals surface area contributed by atoms with Crippen molar-refractivity contribution in [2.45, 2.75) is 71.4 Å². The first-order valence-electron chi connectivity index (χ1n) is 22.2. The van der Waals surface area contributed by atoms with E-state index in [1.165, 1.54) is 55.1 Å². The topological polar surface area (TPSA) is 221 Å². The number of benzene rings is 2. The quantitative estimate of drug-likeness (QED) is 0.0326. The number of allylic oxidation sites excluding steroid dienone is 1. The number of hydrogen-bond acceptors (Lipinski definition) is 11. The second kappa shape index (κ2) is 27.3. The van der Waals surface area contributed by atoms with E-state index in [1.54, 1.807) is 19.2 Å². The van der Waals surface area contributed by atoms with Gasteiger partial charge in [0.25, 0.3) is 0 Å². The van der Waals surface area contributed by atoms with Crippen molar-refractivity contribution < 1.29 is 61.6 Å². The third-order valence-corrected chi connectivity index (χ3v) is 10.8. The van der Waals surface area contributed by atoms with Gasteiger partial charge in [0.2, 0.25) is 5.88 Å². The van der Waals surface area contributed by atoms with Gasteiger partial charge in [-0.2, -0.15) is 18.3 Å². The summed E-state index contributed by atoms with van der Waals surface area (Å²) < 4.78 is 48.9. The number of unbranched alkanes of at least 4 members (excludes halogenated alkanes) is 5. The number of hydrogen-bond donors (Lipinski definition) is 3. The molecule has 0 bridgehead atoms. The number of isothiocyanates is 1. The molecule has 5 aromatic rings. The molecule has 0 radical (unpaired) electrons. The Morgan fingerprint density at radius 1 is 0.958 bits per heavy atom. The molecule has 0 saturated heterocycles. The molecule has 2 atom stereocenters. The predicted molar refractivity (Wildman–Crippen MR) is 269 cm³/mol. The van der Waals surface area contributed by atoms with Crippen molar-refractivity contribution in [3.8, 4) is 17.1 Å². The maximum atomic E-state index is 12.4. The third-order valence-electron chi connectivity index (χ3n) is 10.8. The fraction of sp³-hybridized carbons (Fsp3) is 0.269. The van der Waals surface area contributed by atoms with Gasteiger partial charge in [-0.1, -0.05) is 87.6 Å². The first kappa shape index (κ1) is 56.4. The molecule has 14 nitrogen and oxygen atoms in total. The molecular formula is C52H51F3N8O6RuS. The minimum absolute atomic E-state index is 0. The zero-order valence-electron chi connectivity index (χ0n) is 38.7. The predicted octanol–water partition coefficient (Wildman–Crippen LogP) is 13.5. The molecule has 2 aliphatic heterocycles. The molecule has 19 heteroatoms. The molecule has 2 unspecified atom stereocenters. The molecule has 0 spiro atoms. The van der Waals surface area contributed by atoms with Crippen LogP contribution in [0.3, 0.4) is 0 Å². The van der Waals surface area contributed by atoms with Gasteiger partial charge in [-0.3, -0.25) is 34.9 Å². The van der Waals surface area contributed by atoms with Crippen molar-refractivity contribution in [1.29, 1.82) is 5.41 Å². The molecule has 7 rings (SSSR count). The van der Waals surface area contributed by atoms with E-state index in [2.05, 4.69) is 34.1 Å². The van der Waals surface area contributed by atoms with Gasteiger partial charge in [-0.15, -0.1) is 5.70 Å². The van der Waals surface area contributed by atoms with E-state index in [9.17, 15) is 33.0 Å². The number of alkyl halides is 3. The van der Waals surface area contributed by atoms with Gasteiger partial charge in [0.15, 0.2) is 0 Å². The number of carboxylic acid groups (broad SMARTS) is 2. The van der Waals surface area contributed by atoms with Gasteiger partial charge >= 0.3 is 37.6 Å². The number of rotatable bonds is 18. The Bertz CT molecular complexity index is 2750. The number of nitrogens with one attached hydrogen (secondary N) is 2. The summed E-state index contributed by atoms with van der Waals surface area (Å²) >= 11 is 3.70. The van der Waals surface area contributed by atoms with Crippen LogP contribution in [-0.4, -0.2) is 67.7 Å². The van der Waals surface area contributed by atoms with Gasteiger partial charge < -0.3 is 30.5 Å². The van der Waals surface area contributed by atoms with E-state index in [0.29, 0.717) is 52.9 Å². The molecule has 0 amide bonds. The van der Waals surface area contributed by atoms with Crippen LogP contribution in [0.4, 0.5) is 30.4 Å². The summed E-state index contributed by atoms with van der Waals surface area (Å²) in [4.78, 5) is 43.4. The van der Waals surface area contributed by atoms with E-state index in [4.69, 9.17) is 30.7 Å². The zero-order chi connectivity index (χ0) is 50.7. The smallest absolute Gasteiger partial charge is 0.753 e. The molecule has 370 valence electrons. The van der Waals surface area contributed by atoms with E-state index in [-0.39, 0.29) is 38.0 Å². The van der Waals surface area contributed by atoms with Gasteiger partial charge in [0, 0.05) is 54.1 Å². The number of carbonyl (C=O) groups is 2. The van der Waals surface area contributed by atoms with Crippen LogP contribution < -0.4 is 9.64 Å². The van der Waals surface area contributed by atoms with Crippen LogP contribution in [0.25, 0.3) is 28.2 Å². The van der Waals surface area contributed by atoms with Gasteiger partial charge in [-0.25, -0.2) is 4.99 Å². The second-order valence-electron chi connectivity index (χ2n) is 16.2. The second-order valence-corrected chi connectivity index (χ2v) is 16.3. The Morgan fingerprint density at radius 3 is 2.21 bits per heavy atom. The number of thiocarbonyl (C=S) groups is 1. The standard InChI is InChI=1S/C34H28N4O5.C17H23F3N3O.CNS.Ru/c1-34(33(41)42)20-28(37-29(21-34)27-19-23(32(39)40)15-17-36-27)26-18-22(14-16-35-26)30-12-13-31(43-30)38(24-8-4-2-5-9-24)25-10-6-3-7-11-25;1-2-3-4-5-6-7-10-24-13-8-9-23-15(11-13)14(21)12-16(22)17(18,19)20;2-1-3;/h2-14,16-19,21,23H,15,20H2,1H3,(H,39,40)(H,41,42);8-9,11-12,21-22H,2-7,10H2,1H3;;/q;2*-1;+2/b;14-12-,22-16?;;. The maximum absolute atomic E-state index is 12.4. The monoisotopic (exact) mass is 1070 g/mol. The van der Waals surface area contributed by atoms with E-state index in [0.717, 1.165) is 36.2 Å². The number of aromatic nitrogens is 2. The van der Waals surface area contributed by atoms with Crippen molar-refractivity contribution in [3.63, 3.8) is 0 Å². The number of aliphatic imine (C=N–C) groups is 2. The van der Waals surface area contributed by atoms with Gasteiger partial charge in [0.05, 0.1) is 46.4 Å². The molecule has 0 aliphatic carbocycles. The summed E-state index contributed by atoms with van der Waals surface area (Å²) in [6.07, 6.45) is 10.4. The Hall–Kier alpha value is -7.20. The van der Waals surface area contributed by atoms with Crippen LogP contribution in [0.15, 0.2) is 153 Å². The Morgan fingerprint density at radius 2 is 1.59 bits per heavy atom. The molecule has 0 saturated carbocycles. The number of furan rings is 1. The minimum atomic E-state index is -4.77. The van der Waals surface area contributed by atoms with Crippen LogP contribution in [0, 0.1) is 16.7 Å². The van der Waals surface area contributed by atoms with Crippen molar-refractivity contribution >= 4 is 69.9 Å². The average Bonchev–Trinajstić information content (AvgIpc) is 3.84. The van der Waals surface area contributed by atoms with Crippen LogP contribution in [0.1, 0.15) is 76.6 Å². The first-order valence-corrected chi connectivity index (χ1v) is 22.6. The molecule has 0 fully saturated rings. The number of ether oxygens (including phenoxy) is 1. The fourth-order valence-corrected chi connectivity index (χ4v) is 7.15. The molecule has 5 heterocycles. The normalized spacial score (nSPS) is 16.2. The van der Waals surface area contributed by atoms with Crippen LogP contribution in [0.2, 0.25) is 0 Å². The third kappa shape index (κ3) is 16.5. The number of carboxylic acids is 2. The Kier molecular flexibility index (Phi) is 21.7. The molecule has 2 aromatic carbocycles. The van der Waals surface area contributed by atoms with E-state index in [1.807, 2.05) is 89.8 Å². The van der Waals surface area contributed by atoms with Crippen molar-refractivity contribution in [2.75, 3.05) is 11.5 Å². The number of pyridine rings is 2. The molecule has 2 aliphatic rings. The average molecular weight is 1070 g/mol. The summed E-state index contributed by atoms with van der Waals surface area (Å²) in [6.45, 7) is 4.29. The maximum Gasteiger partial charge on any atom is 2.00 e. The molecule has 4 N–H and O–H groups in total. The SMILES string of the molecule is CC1(C(=O)O)C=C(C2=CC(C(=O)O)CC=N2)N=C(c2cc(-c3ccc(N(c4ccccc4)c4ccccc4)o3)ccn2)C1.CCCCCCCCOc1ccnc(/C([NH-])=C/C(=N)C(F)(F)F)c1.[N-]=C=S.[Ru+2]. The Balaban J connectivity index is 0.000000334. The summed E-state index contributed by atoms with van der Waals surface area (Å²) in [5, 5.41) is 35.0. The minimum Gasteiger partial charge on any atom is -0.753 e. The summed E-state index contributed by atoms with van der Waals surface area (Å²) in [7, 11) is 0. The number of para-hydroxylation sites is 2. The van der Waals surface area contributed by atoms with E-state index < -0.39 is 40.9 Å². The fourth-order valence-electron chi connectivity index (χ4n) is 7.15. The number of nitrogens with zero attached hydrogens (tertiary/aromatic N) is 6. The zero-order valence-corrected chi connectivity index (χ0v) is 41.3. The number of halogens is 3. The van der Waals surface area contributed by atoms with Crippen LogP contribution >= 0.6 is 12.2 Å². The Labute approximate surface area is 427 Å².